The second-order valence-corrected chi connectivity index (χ2v) is 5.15. The summed E-state index contributed by atoms with van der Waals surface area (Å²) in [5, 5.41) is 22.2. The van der Waals surface area contributed by atoms with Crippen LogP contribution < -0.4 is 5.32 Å². The Morgan fingerprint density at radius 1 is 1.32 bits per heavy atom. The van der Waals surface area contributed by atoms with Crippen LogP contribution in [-0.4, -0.2) is 5.11 Å². The van der Waals surface area contributed by atoms with Crippen LogP contribution in [0.5, 0.6) is 5.75 Å². The largest absolute Gasteiger partial charge is 0.507 e. The number of nitrogens with one attached hydrogen (secondary N) is 1. The van der Waals surface area contributed by atoms with E-state index < -0.39 is 0 Å². The van der Waals surface area contributed by atoms with Crippen LogP contribution in [0.1, 0.15) is 16.7 Å². The van der Waals surface area contributed by atoms with Crippen LogP contribution in [0.4, 0.5) is 5.69 Å². The Morgan fingerprint density at radius 3 is 2.84 bits per heavy atom. The zero-order chi connectivity index (χ0) is 13.8. The summed E-state index contributed by atoms with van der Waals surface area (Å²) in [5.74, 6) is 0.295. The molecular weight excluding hydrogens is 304 g/mol. The molecule has 2 rings (SSSR count). The van der Waals surface area contributed by atoms with Crippen molar-refractivity contribution in [2.24, 2.45) is 0 Å². The van der Waals surface area contributed by atoms with Gasteiger partial charge in [0.05, 0.1) is 11.3 Å². The van der Waals surface area contributed by atoms with E-state index in [0.717, 1.165) is 21.3 Å². The summed E-state index contributed by atoms with van der Waals surface area (Å²) in [6, 6.07) is 13.2. The van der Waals surface area contributed by atoms with E-state index in [1.165, 1.54) is 0 Å². The number of para-hydroxylation sites is 1. The van der Waals surface area contributed by atoms with Gasteiger partial charge in [0.25, 0.3) is 0 Å². The van der Waals surface area contributed by atoms with Gasteiger partial charge in [0, 0.05) is 16.6 Å². The maximum absolute atomic E-state index is 9.94. The van der Waals surface area contributed by atoms with Crippen molar-refractivity contribution in [1.29, 1.82) is 5.26 Å². The summed E-state index contributed by atoms with van der Waals surface area (Å²) in [5.41, 5.74) is 2.98. The van der Waals surface area contributed by atoms with Crippen LogP contribution in [0, 0.1) is 18.3 Å². The molecule has 0 atom stereocenters. The molecule has 0 spiro atoms. The van der Waals surface area contributed by atoms with Gasteiger partial charge in [0.15, 0.2) is 0 Å². The number of aryl methyl sites for hydroxylation is 1. The van der Waals surface area contributed by atoms with Crippen molar-refractivity contribution < 1.29 is 5.11 Å². The molecule has 0 aliphatic heterocycles. The Hall–Kier alpha value is -1.99. The van der Waals surface area contributed by atoms with Crippen molar-refractivity contribution >= 4 is 21.6 Å². The highest BCUT2D eigenvalue weighted by Gasteiger charge is 2.06. The van der Waals surface area contributed by atoms with Gasteiger partial charge >= 0.3 is 0 Å². The Bertz CT molecular complexity index is 647. The third-order valence-electron chi connectivity index (χ3n) is 2.89. The minimum Gasteiger partial charge on any atom is -0.507 e. The molecule has 0 bridgehead atoms. The standard InChI is InChI=1S/C15H13BrN2O/c1-10-3-2-4-12(15(10)19)9-18-14-7-13(16)6-5-11(14)8-17/h2-7,18-19H,9H2,1H3. The third-order valence-corrected chi connectivity index (χ3v) is 3.39. The highest BCUT2D eigenvalue weighted by Crippen LogP contribution is 2.25. The Balaban J connectivity index is 2.21. The first-order valence-corrected chi connectivity index (χ1v) is 6.62. The number of hydrogen-bond donors (Lipinski definition) is 2. The molecule has 2 N–H and O–H groups in total. The van der Waals surface area contributed by atoms with Gasteiger partial charge in [-0.15, -0.1) is 0 Å². The van der Waals surface area contributed by atoms with Crippen LogP contribution in [0.15, 0.2) is 40.9 Å². The minimum atomic E-state index is 0.295. The molecule has 3 nitrogen and oxygen atoms in total. The lowest BCUT2D eigenvalue weighted by Crippen LogP contribution is -2.02. The summed E-state index contributed by atoms with van der Waals surface area (Å²) >= 11 is 3.38. The molecule has 0 aliphatic carbocycles. The number of nitrogens with zero attached hydrogens (tertiary/aromatic N) is 1. The van der Waals surface area contributed by atoms with Gasteiger partial charge in [-0.05, 0) is 30.7 Å². The Kier molecular flexibility index (Phi) is 4.08. The highest BCUT2D eigenvalue weighted by atomic mass is 79.9. The summed E-state index contributed by atoms with van der Waals surface area (Å²) in [6.07, 6.45) is 0. The first-order valence-electron chi connectivity index (χ1n) is 5.83. The van der Waals surface area contributed by atoms with Crippen molar-refractivity contribution in [3.8, 4) is 11.8 Å². The molecule has 19 heavy (non-hydrogen) atoms. The second-order valence-electron chi connectivity index (χ2n) is 4.24. The molecule has 0 radical (unpaired) electrons. The molecule has 4 heteroatoms. The van der Waals surface area contributed by atoms with Crippen LogP contribution in [0.2, 0.25) is 0 Å². The SMILES string of the molecule is Cc1cccc(CNc2cc(Br)ccc2C#N)c1O. The fourth-order valence-electron chi connectivity index (χ4n) is 1.81. The molecule has 0 heterocycles. The fraction of sp³-hybridized carbons (Fsp3) is 0.133. The Morgan fingerprint density at radius 2 is 2.11 bits per heavy atom. The van der Waals surface area contributed by atoms with Gasteiger partial charge < -0.3 is 10.4 Å². The third kappa shape index (κ3) is 3.07. The van der Waals surface area contributed by atoms with E-state index >= 15 is 0 Å². The molecule has 2 aromatic rings. The lowest BCUT2D eigenvalue weighted by molar-refractivity contribution is 0.465. The van der Waals surface area contributed by atoms with Gasteiger partial charge in [0.1, 0.15) is 11.8 Å². The zero-order valence-corrected chi connectivity index (χ0v) is 12.0. The summed E-state index contributed by atoms with van der Waals surface area (Å²) < 4.78 is 0.905. The number of benzene rings is 2. The zero-order valence-electron chi connectivity index (χ0n) is 10.4. The maximum atomic E-state index is 9.94. The van der Waals surface area contributed by atoms with Gasteiger partial charge in [-0.25, -0.2) is 0 Å². The quantitative estimate of drug-likeness (QED) is 0.901. The molecule has 2 aromatic carbocycles. The van der Waals surface area contributed by atoms with Gasteiger partial charge in [-0.3, -0.25) is 0 Å². The predicted molar refractivity (Wildman–Crippen MR) is 79.0 cm³/mol. The molecule has 0 aromatic heterocycles. The number of phenols is 1. The molecule has 0 amide bonds. The predicted octanol–water partition coefficient (Wildman–Crippen LogP) is 3.95. The normalized spacial score (nSPS) is 9.95. The molecule has 0 unspecified atom stereocenters. The Labute approximate surface area is 120 Å². The van der Waals surface area contributed by atoms with Crippen LogP contribution in [0.25, 0.3) is 0 Å². The van der Waals surface area contributed by atoms with Crippen LogP contribution in [-0.2, 0) is 6.54 Å². The molecule has 0 saturated carbocycles. The van der Waals surface area contributed by atoms with Crippen molar-refractivity contribution in [2.75, 3.05) is 5.32 Å². The maximum Gasteiger partial charge on any atom is 0.123 e. The number of aromatic hydroxyl groups is 1. The summed E-state index contributed by atoms with van der Waals surface area (Å²) in [6.45, 7) is 2.33. The van der Waals surface area contributed by atoms with Crippen molar-refractivity contribution in [3.63, 3.8) is 0 Å². The number of anilines is 1. The second kappa shape index (κ2) is 5.77. The molecule has 96 valence electrons. The van der Waals surface area contributed by atoms with Gasteiger partial charge in [0.2, 0.25) is 0 Å². The van der Waals surface area contributed by atoms with Crippen LogP contribution in [0.3, 0.4) is 0 Å². The van der Waals surface area contributed by atoms with E-state index in [4.69, 9.17) is 5.26 Å². The van der Waals surface area contributed by atoms with E-state index in [2.05, 4.69) is 27.3 Å². The summed E-state index contributed by atoms with van der Waals surface area (Å²) in [4.78, 5) is 0. The first-order chi connectivity index (χ1) is 9.11. The van der Waals surface area contributed by atoms with Gasteiger partial charge in [-0.2, -0.15) is 5.26 Å². The molecular formula is C15H13BrN2O. The first kappa shape index (κ1) is 13.4. The number of rotatable bonds is 3. The average Bonchev–Trinajstić information content (AvgIpc) is 2.40. The molecule has 0 fully saturated rings. The lowest BCUT2D eigenvalue weighted by atomic mass is 10.1. The molecule has 0 saturated heterocycles. The van der Waals surface area contributed by atoms with Gasteiger partial charge in [-0.1, -0.05) is 34.1 Å². The number of halogens is 1. The van der Waals surface area contributed by atoms with Crippen molar-refractivity contribution in [2.45, 2.75) is 13.5 Å². The monoisotopic (exact) mass is 316 g/mol. The summed E-state index contributed by atoms with van der Waals surface area (Å²) in [7, 11) is 0. The smallest absolute Gasteiger partial charge is 0.123 e. The lowest BCUT2D eigenvalue weighted by Gasteiger charge is -2.11. The topological polar surface area (TPSA) is 56.0 Å². The fourth-order valence-corrected chi connectivity index (χ4v) is 2.17. The average molecular weight is 317 g/mol. The van der Waals surface area contributed by atoms with E-state index in [1.807, 2.05) is 37.3 Å². The van der Waals surface area contributed by atoms with Crippen LogP contribution >= 0.6 is 15.9 Å². The number of nitriles is 1. The van der Waals surface area contributed by atoms with E-state index in [-0.39, 0.29) is 0 Å². The van der Waals surface area contributed by atoms with E-state index in [1.54, 1.807) is 6.07 Å². The number of phenolic OH excluding ortho intramolecular Hbond substituents is 1. The highest BCUT2D eigenvalue weighted by molar-refractivity contribution is 9.10. The van der Waals surface area contributed by atoms with Crippen molar-refractivity contribution in [3.05, 3.63) is 57.6 Å². The van der Waals surface area contributed by atoms with E-state index in [0.29, 0.717) is 17.9 Å². The van der Waals surface area contributed by atoms with Crippen molar-refractivity contribution in [1.82, 2.24) is 0 Å². The minimum absolute atomic E-state index is 0.295. The molecule has 0 aliphatic rings. The number of hydrogen-bond acceptors (Lipinski definition) is 3. The van der Waals surface area contributed by atoms with E-state index in [9.17, 15) is 5.11 Å².